The van der Waals surface area contributed by atoms with E-state index in [1.165, 1.54) is 0 Å². The summed E-state index contributed by atoms with van der Waals surface area (Å²) in [5.41, 5.74) is -0.515. The van der Waals surface area contributed by atoms with Gasteiger partial charge in [-0.15, -0.1) is 12.3 Å². The molecule has 7 heteroatoms. The molecule has 1 fully saturated rings. The number of aliphatic carboxylic acids is 1. The van der Waals surface area contributed by atoms with Crippen LogP contribution in [0.4, 0.5) is 0 Å². The van der Waals surface area contributed by atoms with Crippen LogP contribution in [0, 0.1) is 18.3 Å². The molecular weight excluding hydrogens is 274 g/mol. The van der Waals surface area contributed by atoms with Crippen molar-refractivity contribution in [2.75, 3.05) is 13.2 Å². The lowest BCUT2D eigenvalue weighted by Crippen LogP contribution is -2.46. The zero-order chi connectivity index (χ0) is 15.3. The van der Waals surface area contributed by atoms with E-state index in [2.05, 4.69) is 21.5 Å². The van der Waals surface area contributed by atoms with Crippen molar-refractivity contribution in [1.82, 2.24) is 5.32 Å². The Bertz CT molecular complexity index is 471. The molecule has 2 heterocycles. The molecule has 1 amide bonds. The third kappa shape index (κ3) is 4.26. The maximum atomic E-state index is 11.9. The van der Waals surface area contributed by atoms with Crippen LogP contribution in [0.3, 0.4) is 0 Å². The first kappa shape index (κ1) is 15.4. The SMILES string of the molecule is C#CCCC1(CCC(=O)NC(C(=O)O)C2CCOC2)N=N1. The highest BCUT2D eigenvalue weighted by atomic mass is 16.5. The van der Waals surface area contributed by atoms with E-state index in [4.69, 9.17) is 11.2 Å². The lowest BCUT2D eigenvalue weighted by molar-refractivity contribution is -0.143. The van der Waals surface area contributed by atoms with Gasteiger partial charge in [0.05, 0.1) is 6.61 Å². The van der Waals surface area contributed by atoms with Crippen molar-refractivity contribution in [2.45, 2.75) is 43.8 Å². The molecule has 0 aliphatic carbocycles. The highest BCUT2D eigenvalue weighted by Crippen LogP contribution is 2.37. The van der Waals surface area contributed by atoms with E-state index in [0.29, 0.717) is 38.9 Å². The average Bonchev–Trinajstić information content (AvgIpc) is 3.02. The molecule has 2 atom stereocenters. The average molecular weight is 293 g/mol. The number of carboxylic acids is 1. The monoisotopic (exact) mass is 293 g/mol. The number of hydrogen-bond acceptors (Lipinski definition) is 5. The minimum absolute atomic E-state index is 0.169. The van der Waals surface area contributed by atoms with Gasteiger partial charge in [-0.05, 0) is 6.42 Å². The Balaban J connectivity index is 1.77. The maximum Gasteiger partial charge on any atom is 0.326 e. The molecule has 0 aromatic carbocycles. The third-order valence-electron chi connectivity index (χ3n) is 3.82. The van der Waals surface area contributed by atoms with Crippen LogP contribution in [0.2, 0.25) is 0 Å². The molecule has 2 N–H and O–H groups in total. The predicted molar refractivity (Wildman–Crippen MR) is 73.4 cm³/mol. The van der Waals surface area contributed by atoms with E-state index < -0.39 is 17.7 Å². The molecule has 2 aliphatic rings. The number of terminal acetylenes is 1. The molecule has 2 aliphatic heterocycles. The van der Waals surface area contributed by atoms with Crippen LogP contribution in [-0.4, -0.2) is 41.9 Å². The molecule has 2 rings (SSSR count). The highest BCUT2D eigenvalue weighted by molar-refractivity contribution is 5.83. The number of nitrogens with one attached hydrogen (secondary N) is 1. The summed E-state index contributed by atoms with van der Waals surface area (Å²) in [6.45, 7) is 0.908. The fraction of sp³-hybridized carbons (Fsp3) is 0.714. The number of hydrogen-bond donors (Lipinski definition) is 2. The zero-order valence-electron chi connectivity index (χ0n) is 11.7. The molecule has 0 aromatic rings. The first-order valence-corrected chi connectivity index (χ1v) is 7.04. The third-order valence-corrected chi connectivity index (χ3v) is 3.82. The normalized spacial score (nSPS) is 23.3. The fourth-order valence-corrected chi connectivity index (χ4v) is 2.42. The molecule has 0 bridgehead atoms. The van der Waals surface area contributed by atoms with Crippen LogP contribution >= 0.6 is 0 Å². The summed E-state index contributed by atoms with van der Waals surface area (Å²) >= 11 is 0. The number of nitrogens with zero attached hydrogens (tertiary/aromatic N) is 2. The van der Waals surface area contributed by atoms with Crippen LogP contribution in [0.1, 0.15) is 32.1 Å². The minimum Gasteiger partial charge on any atom is -0.480 e. The van der Waals surface area contributed by atoms with E-state index >= 15 is 0 Å². The van der Waals surface area contributed by atoms with Crippen molar-refractivity contribution < 1.29 is 19.4 Å². The molecule has 1 saturated heterocycles. The van der Waals surface area contributed by atoms with E-state index in [-0.39, 0.29) is 18.2 Å². The number of ether oxygens (including phenoxy) is 1. The van der Waals surface area contributed by atoms with Crippen LogP contribution in [-0.2, 0) is 14.3 Å². The largest absolute Gasteiger partial charge is 0.480 e. The number of carbonyl (C=O) groups excluding carboxylic acids is 1. The second kappa shape index (κ2) is 6.68. The second-order valence-corrected chi connectivity index (χ2v) is 5.39. The first-order valence-electron chi connectivity index (χ1n) is 7.04. The Kier molecular flexibility index (Phi) is 4.91. The molecule has 21 heavy (non-hydrogen) atoms. The van der Waals surface area contributed by atoms with Crippen LogP contribution in [0.5, 0.6) is 0 Å². The van der Waals surface area contributed by atoms with Gasteiger partial charge in [-0.3, -0.25) is 4.79 Å². The van der Waals surface area contributed by atoms with Crippen molar-refractivity contribution in [3.63, 3.8) is 0 Å². The Labute approximate surface area is 123 Å². The summed E-state index contributed by atoms with van der Waals surface area (Å²) in [6, 6.07) is -0.894. The smallest absolute Gasteiger partial charge is 0.326 e. The number of rotatable bonds is 8. The number of amides is 1. The van der Waals surface area contributed by atoms with Gasteiger partial charge < -0.3 is 15.2 Å². The van der Waals surface area contributed by atoms with Crippen molar-refractivity contribution in [3.8, 4) is 12.3 Å². The first-order chi connectivity index (χ1) is 10.1. The zero-order valence-corrected chi connectivity index (χ0v) is 11.7. The van der Waals surface area contributed by atoms with E-state index in [9.17, 15) is 14.7 Å². The Hall–Kier alpha value is -1.94. The standard InChI is InChI=1S/C14H19N3O4/c1-2-3-6-14(16-17-14)7-4-11(18)15-12(13(19)20)10-5-8-21-9-10/h1,10,12H,3-9H2,(H,15,18)(H,19,20). The Morgan fingerprint density at radius 1 is 1.48 bits per heavy atom. The van der Waals surface area contributed by atoms with Gasteiger partial charge in [0, 0.05) is 38.2 Å². The molecule has 0 aromatic heterocycles. The Morgan fingerprint density at radius 2 is 2.24 bits per heavy atom. The van der Waals surface area contributed by atoms with Crippen LogP contribution < -0.4 is 5.32 Å². The van der Waals surface area contributed by atoms with Gasteiger partial charge in [-0.25, -0.2) is 4.79 Å². The van der Waals surface area contributed by atoms with Gasteiger partial charge in [0.15, 0.2) is 5.66 Å². The molecular formula is C14H19N3O4. The second-order valence-electron chi connectivity index (χ2n) is 5.39. The van der Waals surface area contributed by atoms with Crippen molar-refractivity contribution >= 4 is 11.9 Å². The molecule has 114 valence electrons. The molecule has 0 spiro atoms. The summed E-state index contributed by atoms with van der Waals surface area (Å²) in [5.74, 6) is 1.03. The van der Waals surface area contributed by atoms with Crippen LogP contribution in [0.25, 0.3) is 0 Å². The number of carbonyl (C=O) groups is 2. The summed E-state index contributed by atoms with van der Waals surface area (Å²) < 4.78 is 5.17. The predicted octanol–water partition coefficient (Wildman–Crippen LogP) is 0.948. The topological polar surface area (TPSA) is 100 Å². The van der Waals surface area contributed by atoms with Gasteiger partial charge >= 0.3 is 5.97 Å². The molecule has 2 unspecified atom stereocenters. The fourth-order valence-electron chi connectivity index (χ4n) is 2.42. The summed E-state index contributed by atoms with van der Waals surface area (Å²) in [6.07, 6.45) is 7.70. The molecule has 0 saturated carbocycles. The molecule has 7 nitrogen and oxygen atoms in total. The minimum atomic E-state index is -1.03. The number of carboxylic acid groups (broad SMARTS) is 1. The van der Waals surface area contributed by atoms with Gasteiger partial charge in [0.25, 0.3) is 0 Å². The van der Waals surface area contributed by atoms with Gasteiger partial charge in [-0.1, -0.05) is 0 Å². The quantitative estimate of drug-likeness (QED) is 0.651. The lowest BCUT2D eigenvalue weighted by Gasteiger charge is -2.19. The van der Waals surface area contributed by atoms with Gasteiger partial charge in [0.2, 0.25) is 5.91 Å². The lowest BCUT2D eigenvalue weighted by atomic mass is 9.98. The van der Waals surface area contributed by atoms with Crippen LogP contribution in [0.15, 0.2) is 10.2 Å². The summed E-state index contributed by atoms with van der Waals surface area (Å²) in [4.78, 5) is 23.2. The van der Waals surface area contributed by atoms with Crippen molar-refractivity contribution in [2.24, 2.45) is 16.1 Å². The summed E-state index contributed by atoms with van der Waals surface area (Å²) in [5, 5.41) is 19.7. The van der Waals surface area contributed by atoms with Gasteiger partial charge in [-0.2, -0.15) is 10.2 Å². The summed E-state index contributed by atoms with van der Waals surface area (Å²) in [7, 11) is 0. The highest BCUT2D eigenvalue weighted by Gasteiger charge is 2.40. The van der Waals surface area contributed by atoms with E-state index in [1.807, 2.05) is 0 Å². The van der Waals surface area contributed by atoms with Crippen molar-refractivity contribution in [3.05, 3.63) is 0 Å². The van der Waals surface area contributed by atoms with Gasteiger partial charge in [0.1, 0.15) is 6.04 Å². The van der Waals surface area contributed by atoms with E-state index in [0.717, 1.165) is 0 Å². The van der Waals surface area contributed by atoms with E-state index in [1.54, 1.807) is 0 Å². The Morgan fingerprint density at radius 3 is 2.76 bits per heavy atom. The molecule has 0 radical (unpaired) electrons. The maximum absolute atomic E-state index is 11.9. The van der Waals surface area contributed by atoms with Crippen molar-refractivity contribution in [1.29, 1.82) is 0 Å².